The molecule has 0 aliphatic carbocycles. The lowest BCUT2D eigenvalue weighted by atomic mass is 10.2. The van der Waals surface area contributed by atoms with E-state index in [0.29, 0.717) is 10.6 Å². The quantitative estimate of drug-likeness (QED) is 0.796. The fourth-order valence-electron chi connectivity index (χ4n) is 1.47. The maximum Gasteiger partial charge on any atom is 0.341 e. The van der Waals surface area contributed by atoms with Crippen molar-refractivity contribution in [2.24, 2.45) is 0 Å². The van der Waals surface area contributed by atoms with Crippen LogP contribution in [0.15, 0.2) is 42.5 Å². The smallest absolute Gasteiger partial charge is 0.341 e. The van der Waals surface area contributed by atoms with Crippen LogP contribution >= 0.6 is 11.6 Å². The highest BCUT2D eigenvalue weighted by molar-refractivity contribution is 6.30. The Morgan fingerprint density at radius 1 is 1.11 bits per heavy atom. The highest BCUT2D eigenvalue weighted by Gasteiger charge is 2.16. The first kappa shape index (κ1) is 13.5. The minimum atomic E-state index is -1.20. The van der Waals surface area contributed by atoms with Crippen LogP contribution in [0.4, 0.5) is 8.78 Å². The van der Waals surface area contributed by atoms with Gasteiger partial charge in [-0.15, -0.1) is 0 Å². The molecule has 0 amide bonds. The van der Waals surface area contributed by atoms with Crippen LogP contribution in [0.5, 0.6) is 0 Å². The van der Waals surface area contributed by atoms with Crippen LogP contribution in [0.25, 0.3) is 0 Å². The van der Waals surface area contributed by atoms with Gasteiger partial charge in [-0.05, 0) is 29.8 Å². The summed E-state index contributed by atoms with van der Waals surface area (Å²) in [6.45, 7) is -0.0358. The number of carbonyl (C=O) groups is 1. The second-order valence-electron chi connectivity index (χ2n) is 3.80. The van der Waals surface area contributed by atoms with E-state index in [1.165, 1.54) is 12.1 Å². The lowest BCUT2D eigenvalue weighted by Crippen LogP contribution is -2.08. The van der Waals surface area contributed by atoms with Crippen LogP contribution in [0.3, 0.4) is 0 Å². The number of benzene rings is 2. The monoisotopic (exact) mass is 282 g/mol. The maximum atomic E-state index is 13.3. The summed E-state index contributed by atoms with van der Waals surface area (Å²) in [5.41, 5.74) is 0.281. The number of rotatable bonds is 3. The zero-order valence-electron chi connectivity index (χ0n) is 9.70. The van der Waals surface area contributed by atoms with Crippen molar-refractivity contribution in [3.8, 4) is 0 Å². The Bertz CT molecular complexity index is 597. The predicted octanol–water partition coefficient (Wildman–Crippen LogP) is 3.98. The molecule has 0 unspecified atom stereocenters. The first-order chi connectivity index (χ1) is 9.08. The van der Waals surface area contributed by atoms with E-state index in [1.54, 1.807) is 24.3 Å². The summed E-state index contributed by atoms with van der Waals surface area (Å²) in [6.07, 6.45) is 0. The van der Waals surface area contributed by atoms with E-state index in [4.69, 9.17) is 16.3 Å². The molecule has 0 aromatic heterocycles. The summed E-state index contributed by atoms with van der Waals surface area (Å²) in [5, 5.41) is 0.561. The van der Waals surface area contributed by atoms with Crippen molar-refractivity contribution in [3.05, 3.63) is 70.2 Å². The second-order valence-corrected chi connectivity index (χ2v) is 4.24. The molecule has 0 aliphatic heterocycles. The van der Waals surface area contributed by atoms with Crippen LogP contribution in [0.1, 0.15) is 15.9 Å². The van der Waals surface area contributed by atoms with E-state index in [1.807, 2.05) is 0 Å². The van der Waals surface area contributed by atoms with Gasteiger partial charge < -0.3 is 4.74 Å². The molecule has 0 heterocycles. The van der Waals surface area contributed by atoms with Crippen LogP contribution in [0, 0.1) is 11.6 Å². The van der Waals surface area contributed by atoms with Crippen molar-refractivity contribution in [1.82, 2.24) is 0 Å². The number of ether oxygens (including phenoxy) is 1. The van der Waals surface area contributed by atoms with Gasteiger partial charge in [-0.25, -0.2) is 13.6 Å². The predicted molar refractivity (Wildman–Crippen MR) is 66.9 cm³/mol. The van der Waals surface area contributed by atoms with Crippen molar-refractivity contribution >= 4 is 17.6 Å². The molecule has 0 spiro atoms. The number of carbonyl (C=O) groups excluding carboxylic acids is 1. The Kier molecular flexibility index (Phi) is 4.12. The minimum Gasteiger partial charge on any atom is -0.457 e. The van der Waals surface area contributed by atoms with Crippen LogP contribution in [-0.2, 0) is 11.3 Å². The third kappa shape index (κ3) is 3.29. The molecular formula is C14H9ClF2O2. The Balaban J connectivity index is 2.05. The molecule has 2 rings (SSSR count). The molecule has 0 N–H and O–H groups in total. The molecule has 5 heteroatoms. The average Bonchev–Trinajstić information content (AvgIpc) is 2.41. The molecule has 2 aromatic carbocycles. The Morgan fingerprint density at radius 3 is 2.47 bits per heavy atom. The topological polar surface area (TPSA) is 26.3 Å². The normalized spacial score (nSPS) is 10.3. The summed E-state index contributed by atoms with van der Waals surface area (Å²) < 4.78 is 31.2. The molecule has 98 valence electrons. The standard InChI is InChI=1S/C14H9ClF2O2/c15-10-6-4-9(5-7-10)8-19-14(18)11-2-1-3-12(16)13(11)17/h1-7H,8H2. The number of hydrogen-bond donors (Lipinski definition) is 0. The van der Waals surface area contributed by atoms with Gasteiger partial charge >= 0.3 is 5.97 Å². The van der Waals surface area contributed by atoms with Crippen molar-refractivity contribution in [2.45, 2.75) is 6.61 Å². The van der Waals surface area contributed by atoms with Crippen LogP contribution < -0.4 is 0 Å². The molecule has 0 saturated heterocycles. The molecule has 0 saturated carbocycles. The Morgan fingerprint density at radius 2 is 1.79 bits per heavy atom. The third-order valence-corrected chi connectivity index (χ3v) is 2.71. The molecule has 2 nitrogen and oxygen atoms in total. The van der Waals surface area contributed by atoms with Crippen molar-refractivity contribution in [3.63, 3.8) is 0 Å². The molecule has 0 aliphatic rings. The van der Waals surface area contributed by atoms with Crippen molar-refractivity contribution in [1.29, 1.82) is 0 Å². The minimum absolute atomic E-state index is 0.0358. The summed E-state index contributed by atoms with van der Waals surface area (Å²) in [4.78, 5) is 11.6. The Hall–Kier alpha value is -1.94. The van der Waals surface area contributed by atoms with E-state index in [2.05, 4.69) is 0 Å². The highest BCUT2D eigenvalue weighted by Crippen LogP contribution is 2.14. The van der Waals surface area contributed by atoms with E-state index in [0.717, 1.165) is 6.07 Å². The summed E-state index contributed by atoms with van der Waals surface area (Å²) in [5.74, 6) is -3.20. The number of esters is 1. The van der Waals surface area contributed by atoms with Crippen molar-refractivity contribution in [2.75, 3.05) is 0 Å². The SMILES string of the molecule is O=C(OCc1ccc(Cl)cc1)c1cccc(F)c1F. The molecule has 0 bridgehead atoms. The van der Waals surface area contributed by atoms with Crippen molar-refractivity contribution < 1.29 is 18.3 Å². The van der Waals surface area contributed by atoms with Gasteiger partial charge in [0, 0.05) is 5.02 Å². The third-order valence-electron chi connectivity index (χ3n) is 2.45. The number of hydrogen-bond acceptors (Lipinski definition) is 2. The average molecular weight is 283 g/mol. The molecule has 0 radical (unpaired) electrons. The zero-order chi connectivity index (χ0) is 13.8. The van der Waals surface area contributed by atoms with E-state index in [9.17, 15) is 13.6 Å². The largest absolute Gasteiger partial charge is 0.457 e. The fraction of sp³-hybridized carbons (Fsp3) is 0.0714. The van der Waals surface area contributed by atoms with Gasteiger partial charge in [0.25, 0.3) is 0 Å². The zero-order valence-corrected chi connectivity index (χ0v) is 10.5. The van der Waals surface area contributed by atoms with Gasteiger partial charge in [0.2, 0.25) is 0 Å². The lowest BCUT2D eigenvalue weighted by Gasteiger charge is -2.06. The summed E-state index contributed by atoms with van der Waals surface area (Å²) in [7, 11) is 0. The second kappa shape index (κ2) is 5.80. The molecule has 19 heavy (non-hydrogen) atoms. The van der Waals surface area contributed by atoms with Gasteiger partial charge in [-0.3, -0.25) is 0 Å². The van der Waals surface area contributed by atoms with Gasteiger partial charge in [0.1, 0.15) is 6.61 Å². The van der Waals surface area contributed by atoms with Gasteiger partial charge in [-0.1, -0.05) is 29.8 Å². The fourth-order valence-corrected chi connectivity index (χ4v) is 1.59. The molecule has 2 aromatic rings. The summed E-state index contributed by atoms with van der Waals surface area (Å²) >= 11 is 5.71. The van der Waals surface area contributed by atoms with Gasteiger partial charge in [-0.2, -0.15) is 0 Å². The lowest BCUT2D eigenvalue weighted by molar-refractivity contribution is 0.0466. The Labute approximate surface area is 113 Å². The van der Waals surface area contributed by atoms with Gasteiger partial charge in [0.15, 0.2) is 11.6 Å². The molecular weight excluding hydrogens is 274 g/mol. The van der Waals surface area contributed by atoms with Gasteiger partial charge in [0.05, 0.1) is 5.56 Å². The first-order valence-electron chi connectivity index (χ1n) is 5.43. The summed E-state index contributed by atoms with van der Waals surface area (Å²) in [6, 6.07) is 10.0. The van der Waals surface area contributed by atoms with E-state index < -0.39 is 23.2 Å². The maximum absolute atomic E-state index is 13.3. The van der Waals surface area contributed by atoms with Crippen LogP contribution in [-0.4, -0.2) is 5.97 Å². The highest BCUT2D eigenvalue weighted by atomic mass is 35.5. The number of halogens is 3. The van der Waals surface area contributed by atoms with E-state index in [-0.39, 0.29) is 6.61 Å². The first-order valence-corrected chi connectivity index (χ1v) is 5.81. The van der Waals surface area contributed by atoms with Crippen LogP contribution in [0.2, 0.25) is 5.02 Å². The molecule has 0 atom stereocenters. The molecule has 0 fully saturated rings. The van der Waals surface area contributed by atoms with E-state index >= 15 is 0 Å².